The molecule has 3 amide bonds. The van der Waals surface area contributed by atoms with Crippen LogP contribution in [0.25, 0.3) is 42.7 Å². The summed E-state index contributed by atoms with van der Waals surface area (Å²) in [6.45, 7) is 9.87. The van der Waals surface area contributed by atoms with Crippen LogP contribution in [0.4, 0.5) is 4.79 Å². The van der Waals surface area contributed by atoms with E-state index in [9.17, 15) is 14.4 Å². The van der Waals surface area contributed by atoms with E-state index in [1.165, 1.54) is 34.3 Å². The lowest BCUT2D eigenvalue weighted by molar-refractivity contribution is 0.0485. The molecular formula is C42H44N4O5S. The molecule has 2 saturated carbocycles. The van der Waals surface area contributed by atoms with E-state index in [0.717, 1.165) is 57.3 Å². The van der Waals surface area contributed by atoms with Gasteiger partial charge in [0.1, 0.15) is 11.4 Å². The van der Waals surface area contributed by atoms with Crippen LogP contribution in [-0.2, 0) is 17.8 Å². The number of rotatable bonds is 7. The lowest BCUT2D eigenvalue weighted by atomic mass is 9.99. The van der Waals surface area contributed by atoms with Gasteiger partial charge in [0.15, 0.2) is 0 Å². The van der Waals surface area contributed by atoms with Crippen LogP contribution in [0.2, 0.25) is 0 Å². The number of carbonyl (C=O) groups excluding carboxylic acids is 3. The lowest BCUT2D eigenvalue weighted by Gasteiger charge is -2.28. The number of likely N-dealkylation sites (tertiary alicyclic amines) is 1. The number of thiophene rings is 1. The molecule has 3 aromatic carbocycles. The van der Waals surface area contributed by atoms with E-state index in [1.807, 2.05) is 43.9 Å². The number of hydrogen-bond acceptors (Lipinski definition) is 6. The van der Waals surface area contributed by atoms with Gasteiger partial charge < -0.3 is 29.6 Å². The largest absolute Gasteiger partial charge is 0.496 e. The van der Waals surface area contributed by atoms with Gasteiger partial charge in [-0.2, -0.15) is 0 Å². The van der Waals surface area contributed by atoms with Gasteiger partial charge in [0.25, 0.3) is 11.8 Å². The van der Waals surface area contributed by atoms with Crippen molar-refractivity contribution < 1.29 is 23.9 Å². The average molecular weight is 717 g/mol. The summed E-state index contributed by atoms with van der Waals surface area (Å²) in [5.74, 6) is 1.51. The van der Waals surface area contributed by atoms with Crippen molar-refractivity contribution in [2.24, 2.45) is 11.8 Å². The number of aromatic nitrogens is 1. The fourth-order valence-corrected chi connectivity index (χ4v) is 9.99. The van der Waals surface area contributed by atoms with Gasteiger partial charge >= 0.3 is 6.09 Å². The van der Waals surface area contributed by atoms with E-state index >= 15 is 0 Å². The van der Waals surface area contributed by atoms with Gasteiger partial charge in [-0.25, -0.2) is 4.79 Å². The number of nitrogens with zero attached hydrogens (tertiary/aromatic N) is 2. The fraction of sp³-hybridized carbons (Fsp3) is 0.405. The first-order valence-corrected chi connectivity index (χ1v) is 19.2. The van der Waals surface area contributed by atoms with Crippen molar-refractivity contribution in [1.82, 2.24) is 20.1 Å². The molecule has 268 valence electrons. The smallest absolute Gasteiger partial charge is 0.407 e. The first-order valence-electron chi connectivity index (χ1n) is 18.4. The molecule has 2 bridgehead atoms. The van der Waals surface area contributed by atoms with Gasteiger partial charge in [0.05, 0.1) is 29.8 Å². The molecule has 4 heterocycles. The molecule has 2 unspecified atom stereocenters. The van der Waals surface area contributed by atoms with Gasteiger partial charge in [-0.1, -0.05) is 24.3 Å². The van der Waals surface area contributed by atoms with E-state index in [0.29, 0.717) is 30.3 Å². The third-order valence-corrected chi connectivity index (χ3v) is 12.7. The molecular weight excluding hydrogens is 673 g/mol. The van der Waals surface area contributed by atoms with Crippen LogP contribution in [0.5, 0.6) is 5.75 Å². The number of piperidine rings is 1. The highest BCUT2D eigenvalue weighted by atomic mass is 32.1. The summed E-state index contributed by atoms with van der Waals surface area (Å²) >= 11 is 1.71. The van der Waals surface area contributed by atoms with Crippen molar-refractivity contribution in [3.63, 3.8) is 0 Å². The minimum absolute atomic E-state index is 0.00935. The molecule has 0 spiro atoms. The third kappa shape index (κ3) is 5.62. The topological polar surface area (TPSA) is 102 Å². The van der Waals surface area contributed by atoms with E-state index < -0.39 is 11.7 Å². The molecule has 2 aliphatic heterocycles. The average Bonchev–Trinajstić information content (AvgIpc) is 3.34. The predicted molar refractivity (Wildman–Crippen MR) is 204 cm³/mol. The van der Waals surface area contributed by atoms with Crippen LogP contribution in [-0.4, -0.2) is 58.7 Å². The number of ether oxygens (including phenoxy) is 2. The Morgan fingerprint density at radius 2 is 1.79 bits per heavy atom. The zero-order chi connectivity index (χ0) is 36.1. The maximum absolute atomic E-state index is 14.2. The zero-order valence-electron chi connectivity index (χ0n) is 30.3. The number of nitrogens with one attached hydrogen (secondary N) is 2. The number of alkyl carbamates (subject to hydrolysis) is 1. The van der Waals surface area contributed by atoms with Crippen molar-refractivity contribution in [1.29, 1.82) is 0 Å². The predicted octanol–water partition coefficient (Wildman–Crippen LogP) is 8.29. The minimum Gasteiger partial charge on any atom is -0.496 e. The Kier molecular flexibility index (Phi) is 7.70. The summed E-state index contributed by atoms with van der Waals surface area (Å²) in [5.41, 5.74) is 7.45. The number of amides is 3. The highest BCUT2D eigenvalue weighted by Crippen LogP contribution is 2.47. The number of benzene rings is 3. The van der Waals surface area contributed by atoms with E-state index in [-0.39, 0.29) is 29.8 Å². The maximum atomic E-state index is 14.2. The molecule has 2 aromatic heterocycles. The molecule has 3 fully saturated rings. The van der Waals surface area contributed by atoms with Crippen LogP contribution in [0, 0.1) is 18.8 Å². The second-order valence-electron chi connectivity index (χ2n) is 16.1. The van der Waals surface area contributed by atoms with Crippen LogP contribution >= 0.6 is 11.3 Å². The van der Waals surface area contributed by atoms with Crippen molar-refractivity contribution in [2.45, 2.75) is 84.2 Å². The van der Waals surface area contributed by atoms with Crippen LogP contribution in [0.3, 0.4) is 0 Å². The van der Waals surface area contributed by atoms with Gasteiger partial charge in [0, 0.05) is 51.8 Å². The number of carbonyl (C=O) groups is 3. The third-order valence-electron chi connectivity index (χ3n) is 11.4. The highest BCUT2D eigenvalue weighted by Gasteiger charge is 2.50. The lowest BCUT2D eigenvalue weighted by Crippen LogP contribution is -2.46. The van der Waals surface area contributed by atoms with Crippen molar-refractivity contribution in [3.8, 4) is 27.4 Å². The number of aryl methyl sites for hydroxylation is 1. The Labute approximate surface area is 307 Å². The van der Waals surface area contributed by atoms with Crippen molar-refractivity contribution in [3.05, 3.63) is 76.9 Å². The molecule has 5 aromatic rings. The molecule has 3 atom stereocenters. The first-order chi connectivity index (χ1) is 25.0. The quantitative estimate of drug-likeness (QED) is 0.177. The standard InChI is InChI=1S/C42H44N4O5S/c1-22-36-34(50-5)17-29(40(48)46-21-28-12-13-31(46)37(28)44-41(49)51-42(2,3)4)18-35(36)52-38(22)33-16-26-10-8-25(15-32(26)45(33)20-23-6-7-23)24-9-11-27-19-43-39(47)30(27)14-24/h8-11,14-18,23,28,31,37H,6-7,12-13,19-21H2,1-5H3,(H,43,47)(H,44,49)/t28?,31?,37-/m1/s1. The summed E-state index contributed by atoms with van der Waals surface area (Å²) in [5, 5.41) is 8.22. The van der Waals surface area contributed by atoms with Crippen molar-refractivity contribution in [2.75, 3.05) is 13.7 Å². The molecule has 9 rings (SSSR count). The molecule has 1 saturated heterocycles. The monoisotopic (exact) mass is 716 g/mol. The summed E-state index contributed by atoms with van der Waals surface area (Å²) < 4.78 is 15.0. The molecule has 10 heteroatoms. The molecule has 2 aliphatic carbocycles. The molecule has 2 N–H and O–H groups in total. The molecule has 52 heavy (non-hydrogen) atoms. The van der Waals surface area contributed by atoms with Crippen LogP contribution < -0.4 is 15.4 Å². The van der Waals surface area contributed by atoms with Crippen LogP contribution in [0.15, 0.2) is 54.6 Å². The van der Waals surface area contributed by atoms with Gasteiger partial charge in [-0.05, 0) is 118 Å². The summed E-state index contributed by atoms with van der Waals surface area (Å²) in [7, 11) is 1.67. The summed E-state index contributed by atoms with van der Waals surface area (Å²) in [4.78, 5) is 42.4. The van der Waals surface area contributed by atoms with Crippen molar-refractivity contribution >= 4 is 50.2 Å². The second-order valence-corrected chi connectivity index (χ2v) is 17.1. The molecule has 9 nitrogen and oxygen atoms in total. The Balaban J connectivity index is 1.06. The zero-order valence-corrected chi connectivity index (χ0v) is 31.1. The number of methoxy groups -OCH3 is 1. The van der Waals surface area contributed by atoms with Gasteiger partial charge in [-0.15, -0.1) is 11.3 Å². The molecule has 4 aliphatic rings. The first kappa shape index (κ1) is 33.0. The fourth-order valence-electron chi connectivity index (χ4n) is 8.70. The van der Waals surface area contributed by atoms with E-state index in [2.05, 4.69) is 58.5 Å². The SMILES string of the molecule is COc1cc(C(=O)N2CC3CCC2[C@@H]3NC(=O)OC(C)(C)C)cc2sc(-c3cc4ccc(-c5ccc6c(c5)C(=O)NC6)cc4n3CC3CC3)c(C)c12. The summed E-state index contributed by atoms with van der Waals surface area (Å²) in [6, 6.07) is 18.8. The highest BCUT2D eigenvalue weighted by molar-refractivity contribution is 7.22. The normalized spacial score (nSPS) is 20.8. The maximum Gasteiger partial charge on any atom is 0.407 e. The Hall–Kier alpha value is -4.83. The Bertz CT molecular complexity index is 2310. The second kappa shape index (κ2) is 12.1. The Morgan fingerprint density at radius 3 is 2.56 bits per heavy atom. The van der Waals surface area contributed by atoms with E-state index in [1.54, 1.807) is 18.4 Å². The van der Waals surface area contributed by atoms with Gasteiger partial charge in [-0.3, -0.25) is 9.59 Å². The summed E-state index contributed by atoms with van der Waals surface area (Å²) in [6.07, 6.45) is 3.87. The van der Waals surface area contributed by atoms with Gasteiger partial charge in [0.2, 0.25) is 0 Å². The Morgan fingerprint density at radius 1 is 1.00 bits per heavy atom. The minimum atomic E-state index is -0.584. The number of fused-ring (bicyclic) bond motifs is 5. The molecule has 0 radical (unpaired) electrons. The number of hydrogen-bond donors (Lipinski definition) is 2. The van der Waals surface area contributed by atoms with E-state index in [4.69, 9.17) is 9.47 Å². The van der Waals surface area contributed by atoms with Crippen LogP contribution in [0.1, 0.15) is 78.3 Å².